The summed E-state index contributed by atoms with van der Waals surface area (Å²) in [5.41, 5.74) is 11.5. The quantitative estimate of drug-likeness (QED) is 0.541. The number of amides is 2. The van der Waals surface area contributed by atoms with Gasteiger partial charge in [0.25, 0.3) is 0 Å². The highest BCUT2D eigenvalue weighted by Gasteiger charge is 2.47. The number of urea groups is 1. The van der Waals surface area contributed by atoms with Gasteiger partial charge in [-0.2, -0.15) is 5.10 Å². The number of pyridine rings is 2. The van der Waals surface area contributed by atoms with E-state index in [1.54, 1.807) is 6.20 Å². The summed E-state index contributed by atoms with van der Waals surface area (Å²) in [7, 11) is 0. The lowest BCUT2D eigenvalue weighted by Gasteiger charge is -2.24. The predicted molar refractivity (Wildman–Crippen MR) is 137 cm³/mol. The summed E-state index contributed by atoms with van der Waals surface area (Å²) in [5, 5.41) is 8.08. The smallest absolute Gasteiger partial charge is 0.317 e. The number of nitrogens with one attached hydrogen (secondary N) is 1. The van der Waals surface area contributed by atoms with Crippen molar-refractivity contribution in [2.24, 2.45) is 0 Å². The molecule has 3 aromatic heterocycles. The first-order chi connectivity index (χ1) is 17.0. The van der Waals surface area contributed by atoms with E-state index in [0.29, 0.717) is 5.82 Å². The Morgan fingerprint density at radius 3 is 2.89 bits per heavy atom. The lowest BCUT2D eigenvalue weighted by atomic mass is 9.82. The molecule has 8 nitrogen and oxygen atoms in total. The summed E-state index contributed by atoms with van der Waals surface area (Å²) in [5.74, 6) is 0.565. The van der Waals surface area contributed by atoms with Crippen LogP contribution in [-0.4, -0.2) is 49.8 Å². The molecule has 2 atom stereocenters. The molecule has 5 rings (SSSR count). The Morgan fingerprint density at radius 2 is 2.09 bits per heavy atom. The summed E-state index contributed by atoms with van der Waals surface area (Å²) >= 11 is 0. The zero-order chi connectivity index (χ0) is 24.4. The zero-order valence-corrected chi connectivity index (χ0v) is 20.7. The number of rotatable bonds is 7. The third-order valence-corrected chi connectivity index (χ3v) is 7.56. The fraction of sp³-hybridized carbons (Fsp3) is 0.481. The first-order valence-electron chi connectivity index (χ1n) is 12.7. The number of nitrogen functional groups attached to an aromatic ring is 1. The number of nitrogens with zero attached hydrogens (tertiary/aromatic N) is 5. The lowest BCUT2D eigenvalue weighted by molar-refractivity contribution is 0.201. The molecule has 0 saturated carbocycles. The maximum atomic E-state index is 12.8. The first kappa shape index (κ1) is 23.3. The van der Waals surface area contributed by atoms with Crippen LogP contribution < -0.4 is 11.1 Å². The summed E-state index contributed by atoms with van der Waals surface area (Å²) in [4.78, 5) is 23.5. The number of anilines is 1. The van der Waals surface area contributed by atoms with Crippen molar-refractivity contribution in [2.45, 2.75) is 70.4 Å². The normalized spacial score (nSPS) is 19.8. The summed E-state index contributed by atoms with van der Waals surface area (Å²) in [6.07, 6.45) is 11.2. The molecule has 2 aliphatic rings. The molecule has 0 aromatic carbocycles. The van der Waals surface area contributed by atoms with Gasteiger partial charge in [-0.25, -0.2) is 9.78 Å². The molecule has 1 saturated heterocycles. The number of likely N-dealkylation sites (tertiary alicyclic amines) is 1. The van der Waals surface area contributed by atoms with Gasteiger partial charge in [0.1, 0.15) is 5.82 Å². The largest absolute Gasteiger partial charge is 0.383 e. The molecule has 0 bridgehead atoms. The van der Waals surface area contributed by atoms with E-state index in [9.17, 15) is 4.79 Å². The van der Waals surface area contributed by atoms with E-state index in [0.717, 1.165) is 75.0 Å². The molecule has 1 spiro atoms. The SMILES string of the molecule is CCCC(C)NC(=O)N1CCC2(CCn3nc(-c4cnc(N)c(CCc5cccnc5)c4)cc32)C1. The van der Waals surface area contributed by atoms with Crippen molar-refractivity contribution >= 4 is 11.8 Å². The van der Waals surface area contributed by atoms with E-state index < -0.39 is 0 Å². The maximum Gasteiger partial charge on any atom is 0.317 e. The minimum absolute atomic E-state index is 0.0129. The number of fused-ring (bicyclic) bond motifs is 2. The predicted octanol–water partition coefficient (Wildman–Crippen LogP) is 3.95. The van der Waals surface area contributed by atoms with Crippen molar-refractivity contribution in [1.29, 1.82) is 0 Å². The maximum absolute atomic E-state index is 12.8. The van der Waals surface area contributed by atoms with Crippen molar-refractivity contribution in [1.82, 2.24) is 30.0 Å². The average molecular weight is 474 g/mol. The Bertz CT molecular complexity index is 1190. The standard InChI is InChI=1S/C27H35N7O/c1-3-5-19(2)31-26(35)33-12-9-27(18-33)10-13-34-24(27)15-23(32-34)22-14-21(25(28)30-17-22)8-7-20-6-4-11-29-16-20/h4,6,11,14-17,19H,3,5,7-10,12-13,18H2,1-2H3,(H2,28,30)(H,31,35). The van der Waals surface area contributed by atoms with Crippen LogP contribution in [0, 0.1) is 0 Å². The molecule has 184 valence electrons. The van der Waals surface area contributed by atoms with E-state index in [1.807, 2.05) is 23.4 Å². The van der Waals surface area contributed by atoms with E-state index in [4.69, 9.17) is 10.8 Å². The number of aromatic nitrogens is 4. The van der Waals surface area contributed by atoms with Gasteiger partial charge in [0.2, 0.25) is 0 Å². The molecule has 3 aromatic rings. The minimum atomic E-state index is -0.0129. The Labute approximate surface area is 207 Å². The number of carbonyl (C=O) groups is 1. The van der Waals surface area contributed by atoms with Crippen LogP contribution in [0.4, 0.5) is 10.6 Å². The first-order valence-corrected chi connectivity index (χ1v) is 12.7. The molecule has 2 aliphatic heterocycles. The van der Waals surface area contributed by atoms with Crippen LogP contribution >= 0.6 is 0 Å². The van der Waals surface area contributed by atoms with Crippen molar-refractivity contribution in [3.05, 3.63) is 59.7 Å². The van der Waals surface area contributed by atoms with Crippen LogP contribution in [0.5, 0.6) is 0 Å². The zero-order valence-electron chi connectivity index (χ0n) is 20.7. The van der Waals surface area contributed by atoms with E-state index in [1.165, 1.54) is 11.3 Å². The third-order valence-electron chi connectivity index (χ3n) is 7.56. The highest BCUT2D eigenvalue weighted by atomic mass is 16.2. The van der Waals surface area contributed by atoms with Gasteiger partial charge in [-0.3, -0.25) is 9.67 Å². The van der Waals surface area contributed by atoms with Crippen LogP contribution in [0.2, 0.25) is 0 Å². The Morgan fingerprint density at radius 1 is 1.23 bits per heavy atom. The Hall–Kier alpha value is -3.42. The van der Waals surface area contributed by atoms with Crippen molar-refractivity contribution in [3.8, 4) is 11.3 Å². The monoisotopic (exact) mass is 473 g/mol. The number of carbonyl (C=O) groups excluding carboxylic acids is 1. The van der Waals surface area contributed by atoms with E-state index in [-0.39, 0.29) is 17.5 Å². The Balaban J connectivity index is 1.31. The Kier molecular flexibility index (Phi) is 6.45. The number of hydrogen-bond acceptors (Lipinski definition) is 5. The fourth-order valence-corrected chi connectivity index (χ4v) is 5.56. The van der Waals surface area contributed by atoms with Gasteiger partial charge in [0.05, 0.1) is 5.69 Å². The molecule has 1 fully saturated rings. The molecular weight excluding hydrogens is 438 g/mol. The number of aryl methyl sites for hydroxylation is 3. The highest BCUT2D eigenvalue weighted by Crippen LogP contribution is 2.43. The van der Waals surface area contributed by atoms with Crippen LogP contribution in [-0.2, 0) is 24.8 Å². The second-order valence-electron chi connectivity index (χ2n) is 10.1. The number of nitrogens with two attached hydrogens (primary N) is 1. The van der Waals surface area contributed by atoms with Crippen LogP contribution in [0.15, 0.2) is 42.9 Å². The summed E-state index contributed by atoms with van der Waals surface area (Å²) in [6.45, 7) is 6.64. The molecule has 5 heterocycles. The molecule has 35 heavy (non-hydrogen) atoms. The van der Waals surface area contributed by atoms with Crippen LogP contribution in [0.25, 0.3) is 11.3 Å². The van der Waals surface area contributed by atoms with Gasteiger partial charge in [0.15, 0.2) is 0 Å². The lowest BCUT2D eigenvalue weighted by Crippen LogP contribution is -2.44. The molecule has 3 N–H and O–H groups in total. The summed E-state index contributed by atoms with van der Waals surface area (Å²) < 4.78 is 2.13. The summed E-state index contributed by atoms with van der Waals surface area (Å²) in [6, 6.07) is 8.61. The molecule has 0 radical (unpaired) electrons. The molecule has 2 unspecified atom stereocenters. The topological polar surface area (TPSA) is 102 Å². The third kappa shape index (κ3) is 4.74. The fourth-order valence-electron chi connectivity index (χ4n) is 5.56. The minimum Gasteiger partial charge on any atom is -0.383 e. The molecular formula is C27H35N7O. The van der Waals surface area contributed by atoms with E-state index in [2.05, 4.69) is 52.0 Å². The average Bonchev–Trinajstić information content (AvgIpc) is 3.56. The van der Waals surface area contributed by atoms with Crippen molar-refractivity contribution in [3.63, 3.8) is 0 Å². The number of hydrogen-bond donors (Lipinski definition) is 2. The van der Waals surface area contributed by atoms with Crippen molar-refractivity contribution in [2.75, 3.05) is 18.8 Å². The van der Waals surface area contributed by atoms with Gasteiger partial charge < -0.3 is 16.0 Å². The van der Waals surface area contributed by atoms with Gasteiger partial charge in [0, 0.05) is 60.9 Å². The van der Waals surface area contributed by atoms with Gasteiger partial charge in [-0.15, -0.1) is 0 Å². The second-order valence-corrected chi connectivity index (χ2v) is 10.1. The molecule has 8 heteroatoms. The molecule has 0 aliphatic carbocycles. The van der Waals surface area contributed by atoms with Crippen LogP contribution in [0.3, 0.4) is 0 Å². The van der Waals surface area contributed by atoms with Crippen LogP contribution in [0.1, 0.15) is 56.4 Å². The van der Waals surface area contributed by atoms with Gasteiger partial charge in [-0.05, 0) is 68.4 Å². The van der Waals surface area contributed by atoms with Gasteiger partial charge >= 0.3 is 6.03 Å². The van der Waals surface area contributed by atoms with Crippen molar-refractivity contribution < 1.29 is 4.79 Å². The van der Waals surface area contributed by atoms with E-state index >= 15 is 0 Å². The second kappa shape index (κ2) is 9.68. The molecule has 2 amide bonds. The van der Waals surface area contributed by atoms with Gasteiger partial charge in [-0.1, -0.05) is 19.4 Å². The highest BCUT2D eigenvalue weighted by molar-refractivity contribution is 5.75.